The second-order valence-electron chi connectivity index (χ2n) is 8.62. The predicted octanol–water partition coefficient (Wildman–Crippen LogP) is 2.27. The third kappa shape index (κ3) is 5.20. The standard InChI is InChI=1S/C22H30BN4O4/c1-17-15-26(28,13-11-24-17)19-3-7-21(8-4-19)30-23-31-22-9-5-20(6-10-22)27(29)14-12-25-18(2)16-27/h3-10,17-18,24-25H,11-16H2,1-2H3. The molecule has 2 N–H and O–H groups in total. The summed E-state index contributed by atoms with van der Waals surface area (Å²) in [6.07, 6.45) is 0. The molecule has 9 heteroatoms. The molecule has 2 saturated heterocycles. The minimum absolute atomic E-state index is 0.198. The van der Waals surface area contributed by atoms with Gasteiger partial charge in [0, 0.05) is 37.4 Å². The van der Waals surface area contributed by atoms with Gasteiger partial charge in [-0.05, 0) is 38.1 Å². The van der Waals surface area contributed by atoms with Crippen molar-refractivity contribution in [1.82, 2.24) is 19.9 Å². The Kier molecular flexibility index (Phi) is 6.52. The maximum absolute atomic E-state index is 13.0. The second-order valence-corrected chi connectivity index (χ2v) is 8.62. The summed E-state index contributed by atoms with van der Waals surface area (Å²) in [5.74, 6) is 1.18. The summed E-state index contributed by atoms with van der Waals surface area (Å²) in [4.78, 5) is 0. The number of hydrogen-bond donors (Lipinski definition) is 2. The van der Waals surface area contributed by atoms with Crippen LogP contribution in [-0.2, 0) is 0 Å². The van der Waals surface area contributed by atoms with Gasteiger partial charge in [0.1, 0.15) is 22.9 Å². The minimum atomic E-state index is -0.324. The van der Waals surface area contributed by atoms with E-state index in [1.807, 2.05) is 38.1 Å². The number of hydrogen-bond acceptors (Lipinski definition) is 6. The molecule has 1 radical (unpaired) electrons. The molecule has 4 unspecified atom stereocenters. The molecule has 2 aromatic carbocycles. The van der Waals surface area contributed by atoms with Crippen LogP contribution in [0.15, 0.2) is 48.5 Å². The first-order valence-corrected chi connectivity index (χ1v) is 10.9. The SMILES string of the molecule is CC1C[N+]([O-])(c2ccc(O[B]Oc3ccc([N+]4([O-])CCNC(C)C4)cc3)cc2)CCN1. The Morgan fingerprint density at radius 2 is 1.13 bits per heavy atom. The van der Waals surface area contributed by atoms with Crippen molar-refractivity contribution in [2.45, 2.75) is 25.9 Å². The number of nitrogens with one attached hydrogen (secondary N) is 2. The summed E-state index contributed by atoms with van der Waals surface area (Å²) < 4.78 is 10.4. The smallest absolute Gasteiger partial charge is 0.627 e. The number of hydroxylamine groups is 4. The molecule has 31 heavy (non-hydrogen) atoms. The molecule has 165 valence electrons. The Bertz CT molecular complexity index is 797. The highest BCUT2D eigenvalue weighted by Gasteiger charge is 2.28. The van der Waals surface area contributed by atoms with Crippen LogP contribution in [0.5, 0.6) is 11.5 Å². The normalized spacial score (nSPS) is 31.1. The van der Waals surface area contributed by atoms with Gasteiger partial charge in [0.2, 0.25) is 0 Å². The number of piperazine rings is 2. The molecule has 2 aliphatic rings. The maximum atomic E-state index is 13.0. The van der Waals surface area contributed by atoms with Crippen LogP contribution in [0.25, 0.3) is 0 Å². The van der Waals surface area contributed by atoms with Gasteiger partial charge in [0.15, 0.2) is 0 Å². The highest BCUT2D eigenvalue weighted by molar-refractivity contribution is 6.20. The predicted molar refractivity (Wildman–Crippen MR) is 125 cm³/mol. The highest BCUT2D eigenvalue weighted by Crippen LogP contribution is 2.28. The van der Waals surface area contributed by atoms with Gasteiger partial charge in [0.05, 0.1) is 38.3 Å². The van der Waals surface area contributed by atoms with Gasteiger partial charge in [-0.15, -0.1) is 0 Å². The molecule has 2 aromatic rings. The van der Waals surface area contributed by atoms with Gasteiger partial charge in [-0.3, -0.25) is 0 Å². The first-order valence-electron chi connectivity index (χ1n) is 10.9. The number of benzene rings is 2. The van der Waals surface area contributed by atoms with Gasteiger partial charge in [-0.1, -0.05) is 0 Å². The lowest BCUT2D eigenvalue weighted by atomic mass is 10.2. The second kappa shape index (κ2) is 9.16. The van der Waals surface area contributed by atoms with Crippen LogP contribution in [0.3, 0.4) is 0 Å². The molecular formula is C22H30BN4O4. The van der Waals surface area contributed by atoms with Crippen LogP contribution in [0, 0.1) is 10.4 Å². The molecule has 4 rings (SSSR count). The minimum Gasteiger partial charge on any atom is -0.627 e. The lowest BCUT2D eigenvalue weighted by molar-refractivity contribution is 0.275. The average Bonchev–Trinajstić information content (AvgIpc) is 2.74. The van der Waals surface area contributed by atoms with Crippen molar-refractivity contribution in [3.8, 4) is 11.5 Å². The number of quaternary nitrogens is 2. The molecule has 2 fully saturated rings. The third-order valence-electron chi connectivity index (χ3n) is 6.05. The summed E-state index contributed by atoms with van der Waals surface area (Å²) in [7, 11) is 1.26. The molecule has 0 amide bonds. The quantitative estimate of drug-likeness (QED) is 0.420. The molecule has 4 atom stereocenters. The Balaban J connectivity index is 1.29. The van der Waals surface area contributed by atoms with Crippen molar-refractivity contribution in [1.29, 1.82) is 0 Å². The van der Waals surface area contributed by atoms with Gasteiger partial charge in [0.25, 0.3) is 0 Å². The van der Waals surface area contributed by atoms with E-state index >= 15 is 0 Å². The van der Waals surface area contributed by atoms with Gasteiger partial charge in [-0.2, -0.15) is 0 Å². The van der Waals surface area contributed by atoms with Crippen LogP contribution in [-0.4, -0.2) is 59.0 Å². The summed E-state index contributed by atoms with van der Waals surface area (Å²) >= 11 is 0. The molecule has 2 heterocycles. The van der Waals surface area contributed by atoms with E-state index in [0.717, 1.165) is 11.4 Å². The zero-order valence-electron chi connectivity index (χ0n) is 18.1. The third-order valence-corrected chi connectivity index (χ3v) is 6.05. The molecule has 8 nitrogen and oxygen atoms in total. The monoisotopic (exact) mass is 425 g/mol. The Hall–Kier alpha value is -2.14. The average molecular weight is 425 g/mol. The van der Waals surface area contributed by atoms with Crippen molar-refractivity contribution in [2.75, 3.05) is 39.3 Å². The van der Waals surface area contributed by atoms with E-state index in [9.17, 15) is 10.4 Å². The fourth-order valence-corrected chi connectivity index (χ4v) is 4.38. The lowest BCUT2D eigenvalue weighted by Gasteiger charge is -2.47. The van der Waals surface area contributed by atoms with Crippen LogP contribution < -0.4 is 29.2 Å². The van der Waals surface area contributed by atoms with Gasteiger partial charge < -0.3 is 39.6 Å². The van der Waals surface area contributed by atoms with Crippen molar-refractivity contribution in [3.05, 3.63) is 58.9 Å². The Labute approximate surface area is 184 Å². The molecule has 2 aliphatic heterocycles. The van der Waals surface area contributed by atoms with Crippen molar-refractivity contribution < 1.29 is 9.31 Å². The van der Waals surface area contributed by atoms with Crippen molar-refractivity contribution >= 4 is 19.1 Å². The van der Waals surface area contributed by atoms with Crippen LogP contribution in [0.2, 0.25) is 0 Å². The lowest BCUT2D eigenvalue weighted by Crippen LogP contribution is -2.59. The van der Waals surface area contributed by atoms with Crippen LogP contribution in [0.4, 0.5) is 11.4 Å². The maximum Gasteiger partial charge on any atom is 0.658 e. The molecule has 0 spiro atoms. The summed E-state index contributed by atoms with van der Waals surface area (Å²) in [5, 5.41) is 32.7. The topological polar surface area (TPSA) is 88.6 Å². The fraction of sp³-hybridized carbons (Fsp3) is 0.455. The largest absolute Gasteiger partial charge is 0.658 e. The van der Waals surface area contributed by atoms with E-state index in [-0.39, 0.29) is 21.4 Å². The number of rotatable bonds is 6. The summed E-state index contributed by atoms with van der Waals surface area (Å²) in [6, 6.07) is 14.8. The summed E-state index contributed by atoms with van der Waals surface area (Å²) in [6.45, 7) is 7.57. The van der Waals surface area contributed by atoms with E-state index in [0.29, 0.717) is 50.8 Å². The van der Waals surface area contributed by atoms with Crippen molar-refractivity contribution in [3.63, 3.8) is 0 Å². The van der Waals surface area contributed by atoms with E-state index in [2.05, 4.69) is 10.6 Å². The molecule has 0 aromatic heterocycles. The van der Waals surface area contributed by atoms with E-state index in [1.165, 1.54) is 7.69 Å². The van der Waals surface area contributed by atoms with Gasteiger partial charge in [-0.25, -0.2) is 0 Å². The van der Waals surface area contributed by atoms with Gasteiger partial charge >= 0.3 is 7.69 Å². The number of nitrogens with zero attached hydrogens (tertiary/aromatic N) is 2. The molecule has 0 saturated carbocycles. The highest BCUT2D eigenvalue weighted by atomic mass is 16.6. The fourth-order valence-electron chi connectivity index (χ4n) is 4.38. The molecule has 0 bridgehead atoms. The van der Waals surface area contributed by atoms with E-state index in [1.54, 1.807) is 24.3 Å². The van der Waals surface area contributed by atoms with E-state index in [4.69, 9.17) is 9.31 Å². The Morgan fingerprint density at radius 3 is 1.48 bits per heavy atom. The molecule has 0 aliphatic carbocycles. The Morgan fingerprint density at radius 1 is 0.742 bits per heavy atom. The summed E-state index contributed by atoms with van der Waals surface area (Å²) in [5.41, 5.74) is 1.46. The van der Waals surface area contributed by atoms with Crippen LogP contribution in [0.1, 0.15) is 13.8 Å². The van der Waals surface area contributed by atoms with Crippen molar-refractivity contribution in [2.24, 2.45) is 0 Å². The van der Waals surface area contributed by atoms with E-state index < -0.39 is 0 Å². The zero-order valence-corrected chi connectivity index (χ0v) is 18.1. The zero-order chi connectivity index (χ0) is 21.9. The first kappa shape index (κ1) is 22.1. The first-order chi connectivity index (χ1) is 14.9. The molecular weight excluding hydrogens is 395 g/mol. The van der Waals surface area contributed by atoms with Crippen LogP contribution >= 0.6 is 0 Å².